The SMILES string of the molecule is COc1ccc(C(=O)N=Nc2c(O)n(CN3C[C@]4(C)C[C@@H]3CC(C)(C)C4)c3ccc(Br)cc23)cc1OC. The van der Waals surface area contributed by atoms with Crippen LogP contribution in [0.25, 0.3) is 10.9 Å². The van der Waals surface area contributed by atoms with Gasteiger partial charge in [-0.3, -0.25) is 14.3 Å². The van der Waals surface area contributed by atoms with Crippen LogP contribution in [0.4, 0.5) is 5.69 Å². The van der Waals surface area contributed by atoms with E-state index >= 15 is 0 Å². The molecule has 0 radical (unpaired) electrons. The number of benzene rings is 2. The molecular weight excluding hydrogens is 536 g/mol. The molecule has 5 rings (SSSR count). The van der Waals surface area contributed by atoms with Crippen LogP contribution in [-0.2, 0) is 6.67 Å². The van der Waals surface area contributed by atoms with Crippen LogP contribution in [0.3, 0.4) is 0 Å². The molecule has 2 heterocycles. The molecule has 2 aromatic carbocycles. The first-order valence-corrected chi connectivity index (χ1v) is 13.2. The summed E-state index contributed by atoms with van der Waals surface area (Å²) in [5.74, 6) is 0.410. The molecule has 1 aromatic heterocycles. The van der Waals surface area contributed by atoms with Crippen LogP contribution in [0.1, 0.15) is 50.4 Å². The van der Waals surface area contributed by atoms with E-state index in [1.807, 2.05) is 22.8 Å². The van der Waals surface area contributed by atoms with Crippen LogP contribution in [0, 0.1) is 10.8 Å². The number of hydrogen-bond acceptors (Lipinski definition) is 6. The van der Waals surface area contributed by atoms with Gasteiger partial charge in [0, 0.05) is 28.0 Å². The number of fused-ring (bicyclic) bond motifs is 3. The van der Waals surface area contributed by atoms with Gasteiger partial charge in [-0.15, -0.1) is 10.2 Å². The highest BCUT2D eigenvalue weighted by molar-refractivity contribution is 9.10. The maximum absolute atomic E-state index is 12.8. The quantitative estimate of drug-likeness (QED) is 0.326. The Bertz CT molecular complexity index is 1400. The normalized spacial score (nSPS) is 23.1. The van der Waals surface area contributed by atoms with Gasteiger partial charge in [0.25, 0.3) is 5.91 Å². The fourth-order valence-electron chi connectivity index (χ4n) is 6.58. The lowest BCUT2D eigenvalue weighted by molar-refractivity contribution is 0.0994. The van der Waals surface area contributed by atoms with Gasteiger partial charge in [-0.2, -0.15) is 0 Å². The number of amides is 1. The highest BCUT2D eigenvalue weighted by atomic mass is 79.9. The van der Waals surface area contributed by atoms with Crippen molar-refractivity contribution in [1.82, 2.24) is 9.47 Å². The minimum absolute atomic E-state index is 0.00261. The van der Waals surface area contributed by atoms with Crippen LogP contribution in [0.5, 0.6) is 17.4 Å². The summed E-state index contributed by atoms with van der Waals surface area (Å²) in [5.41, 5.74) is 2.02. The number of aromatic hydroxyl groups is 1. The van der Waals surface area contributed by atoms with Crippen molar-refractivity contribution in [2.24, 2.45) is 21.1 Å². The lowest BCUT2D eigenvalue weighted by atomic mass is 9.65. The topological polar surface area (TPSA) is 88.7 Å². The van der Waals surface area contributed by atoms with Gasteiger partial charge in [-0.1, -0.05) is 36.7 Å². The molecule has 1 saturated carbocycles. The van der Waals surface area contributed by atoms with Crippen molar-refractivity contribution in [1.29, 1.82) is 0 Å². The molecule has 1 aliphatic carbocycles. The number of carbonyl (C=O) groups is 1. The summed E-state index contributed by atoms with van der Waals surface area (Å²) in [6, 6.07) is 11.1. The number of ether oxygens (including phenoxy) is 2. The number of carbonyl (C=O) groups excluding carboxylic acids is 1. The van der Waals surface area contributed by atoms with E-state index in [9.17, 15) is 9.90 Å². The molecule has 2 aliphatic rings. The number of nitrogens with zero attached hydrogens (tertiary/aromatic N) is 4. The van der Waals surface area contributed by atoms with Crippen molar-refractivity contribution in [3.05, 3.63) is 46.4 Å². The number of methoxy groups -OCH3 is 2. The zero-order chi connectivity index (χ0) is 26.5. The largest absolute Gasteiger partial charge is 0.493 e. The van der Waals surface area contributed by atoms with Crippen molar-refractivity contribution >= 4 is 38.4 Å². The van der Waals surface area contributed by atoms with E-state index in [0.29, 0.717) is 35.2 Å². The Morgan fingerprint density at radius 2 is 1.86 bits per heavy atom. The highest BCUT2D eigenvalue weighted by Crippen LogP contribution is 2.53. The van der Waals surface area contributed by atoms with Crippen molar-refractivity contribution in [3.8, 4) is 17.4 Å². The molecule has 1 amide bonds. The Morgan fingerprint density at radius 1 is 1.11 bits per heavy atom. The van der Waals surface area contributed by atoms with Crippen LogP contribution in [0.2, 0.25) is 0 Å². The molecule has 1 aliphatic heterocycles. The van der Waals surface area contributed by atoms with Gasteiger partial charge in [0.15, 0.2) is 17.2 Å². The number of aromatic nitrogens is 1. The molecule has 8 nitrogen and oxygen atoms in total. The number of likely N-dealkylation sites (tertiary alicyclic amines) is 1. The van der Waals surface area contributed by atoms with Gasteiger partial charge < -0.3 is 14.6 Å². The maximum atomic E-state index is 12.8. The second kappa shape index (κ2) is 9.44. The van der Waals surface area contributed by atoms with E-state index in [1.54, 1.807) is 18.2 Å². The number of hydrogen-bond donors (Lipinski definition) is 1. The monoisotopic (exact) mass is 568 g/mol. The third kappa shape index (κ3) is 4.86. The van der Waals surface area contributed by atoms with Crippen molar-refractivity contribution in [2.45, 2.75) is 52.7 Å². The highest BCUT2D eigenvalue weighted by Gasteiger charge is 2.49. The van der Waals surface area contributed by atoms with Gasteiger partial charge >= 0.3 is 0 Å². The van der Waals surface area contributed by atoms with E-state index in [1.165, 1.54) is 27.1 Å². The second-order valence-corrected chi connectivity index (χ2v) is 12.4. The van der Waals surface area contributed by atoms with Crippen molar-refractivity contribution in [2.75, 3.05) is 20.8 Å². The van der Waals surface area contributed by atoms with E-state index in [4.69, 9.17) is 9.47 Å². The first-order valence-electron chi connectivity index (χ1n) is 12.5. The molecular formula is C28H33BrN4O4. The predicted molar refractivity (Wildman–Crippen MR) is 146 cm³/mol. The molecule has 9 heteroatoms. The lowest BCUT2D eigenvalue weighted by Crippen LogP contribution is -2.35. The minimum atomic E-state index is -0.542. The molecule has 3 aromatic rings. The molecule has 1 saturated heterocycles. The first kappa shape index (κ1) is 25.7. The number of azo groups is 1. The first-order chi connectivity index (χ1) is 17.5. The summed E-state index contributed by atoms with van der Waals surface area (Å²) in [5, 5.41) is 20.2. The Kier molecular flexibility index (Phi) is 6.56. The van der Waals surface area contributed by atoms with Gasteiger partial charge in [-0.05, 0) is 66.5 Å². The van der Waals surface area contributed by atoms with E-state index < -0.39 is 5.91 Å². The molecule has 2 atom stereocenters. The fourth-order valence-corrected chi connectivity index (χ4v) is 6.94. The molecule has 2 bridgehead atoms. The predicted octanol–water partition coefficient (Wildman–Crippen LogP) is 6.91. The average molecular weight is 570 g/mol. The lowest BCUT2D eigenvalue weighted by Gasteiger charge is -2.40. The van der Waals surface area contributed by atoms with Gasteiger partial charge in [0.2, 0.25) is 5.88 Å². The molecule has 196 valence electrons. The van der Waals surface area contributed by atoms with E-state index in [0.717, 1.165) is 28.3 Å². The minimum Gasteiger partial charge on any atom is -0.493 e. The van der Waals surface area contributed by atoms with Gasteiger partial charge in [-0.25, -0.2) is 0 Å². The molecule has 37 heavy (non-hydrogen) atoms. The Hall–Kier alpha value is -2.91. The van der Waals surface area contributed by atoms with Crippen molar-refractivity contribution < 1.29 is 19.4 Å². The van der Waals surface area contributed by atoms with Crippen molar-refractivity contribution in [3.63, 3.8) is 0 Å². The van der Waals surface area contributed by atoms with Crippen LogP contribution < -0.4 is 9.47 Å². The third-order valence-corrected chi connectivity index (χ3v) is 8.18. The van der Waals surface area contributed by atoms with Crippen LogP contribution >= 0.6 is 15.9 Å². The Balaban J connectivity index is 1.47. The summed E-state index contributed by atoms with van der Waals surface area (Å²) in [7, 11) is 3.04. The second-order valence-electron chi connectivity index (χ2n) is 11.4. The number of halogens is 1. The van der Waals surface area contributed by atoms with Crippen LogP contribution in [0.15, 0.2) is 51.1 Å². The van der Waals surface area contributed by atoms with E-state index in [2.05, 4.69) is 51.8 Å². The molecule has 0 spiro atoms. The molecule has 0 unspecified atom stereocenters. The molecule has 2 fully saturated rings. The smallest absolute Gasteiger partial charge is 0.295 e. The number of rotatable bonds is 6. The van der Waals surface area contributed by atoms with Gasteiger partial charge in [0.1, 0.15) is 0 Å². The summed E-state index contributed by atoms with van der Waals surface area (Å²) in [6.45, 7) is 8.64. The average Bonchev–Trinajstić information content (AvgIpc) is 3.24. The summed E-state index contributed by atoms with van der Waals surface area (Å²) in [4.78, 5) is 15.3. The van der Waals surface area contributed by atoms with Gasteiger partial charge in [0.05, 0.1) is 26.4 Å². The summed E-state index contributed by atoms with van der Waals surface area (Å²) < 4.78 is 13.3. The van der Waals surface area contributed by atoms with Crippen LogP contribution in [-0.4, -0.2) is 47.3 Å². The zero-order valence-electron chi connectivity index (χ0n) is 21.9. The third-order valence-electron chi connectivity index (χ3n) is 7.69. The summed E-state index contributed by atoms with van der Waals surface area (Å²) in [6.07, 6.45) is 3.52. The fraction of sp³-hybridized carbons (Fsp3) is 0.464. The Morgan fingerprint density at radius 3 is 2.59 bits per heavy atom. The Labute approximate surface area is 225 Å². The standard InChI is InChI=1S/C28H33BrN4O4/c1-27(2)12-19-13-28(3,14-27)15-32(19)16-33-21-8-7-18(29)11-20(21)24(26(33)35)30-31-25(34)17-6-9-22(36-4)23(10-17)37-5/h6-11,19,35H,12-16H2,1-5H3/t19-,28+/m0/s1. The zero-order valence-corrected chi connectivity index (χ0v) is 23.5. The maximum Gasteiger partial charge on any atom is 0.295 e. The summed E-state index contributed by atoms with van der Waals surface area (Å²) >= 11 is 3.52. The van der Waals surface area contributed by atoms with E-state index in [-0.39, 0.29) is 17.0 Å². The molecule has 1 N–H and O–H groups in total.